The third-order valence-electron chi connectivity index (χ3n) is 2.37. The molecule has 1 aromatic rings. The lowest BCUT2D eigenvalue weighted by atomic mass is 10.2. The molecule has 0 radical (unpaired) electrons. The van der Waals surface area contributed by atoms with E-state index in [4.69, 9.17) is 5.73 Å². The van der Waals surface area contributed by atoms with Gasteiger partial charge in [-0.1, -0.05) is 13.8 Å². The van der Waals surface area contributed by atoms with E-state index in [1.54, 1.807) is 6.92 Å². The first-order chi connectivity index (χ1) is 8.81. The zero-order valence-electron chi connectivity index (χ0n) is 11.2. The Morgan fingerprint density at radius 1 is 1.32 bits per heavy atom. The Bertz CT molecular complexity index is 443. The number of nitrogens with one attached hydrogen (secondary N) is 1. The zero-order valence-corrected chi connectivity index (χ0v) is 12.0. The summed E-state index contributed by atoms with van der Waals surface area (Å²) < 4.78 is 27.2. The van der Waals surface area contributed by atoms with Crippen molar-refractivity contribution in [2.75, 3.05) is 12.3 Å². The van der Waals surface area contributed by atoms with E-state index in [1.807, 2.05) is 13.8 Å². The van der Waals surface area contributed by atoms with Gasteiger partial charge in [0, 0.05) is 12.2 Å². The van der Waals surface area contributed by atoms with Gasteiger partial charge in [0.15, 0.2) is 0 Å². The van der Waals surface area contributed by atoms with Crippen molar-refractivity contribution in [3.63, 3.8) is 0 Å². The number of carbonyl (C=O) groups is 1. The molecule has 0 heterocycles. The van der Waals surface area contributed by atoms with Gasteiger partial charge < -0.3 is 11.1 Å². The first kappa shape index (κ1) is 15.8. The van der Waals surface area contributed by atoms with Crippen molar-refractivity contribution in [3.05, 3.63) is 23.8 Å². The second kappa shape index (κ2) is 6.75. The van der Waals surface area contributed by atoms with Crippen LogP contribution in [0.2, 0.25) is 0 Å². The molecule has 106 valence electrons. The second-order valence-corrected chi connectivity index (χ2v) is 6.06. The molecule has 1 aromatic carbocycles. The topological polar surface area (TPSA) is 55.1 Å². The molecule has 19 heavy (non-hydrogen) atoms. The van der Waals surface area contributed by atoms with E-state index in [2.05, 4.69) is 5.32 Å². The fourth-order valence-electron chi connectivity index (χ4n) is 1.37. The van der Waals surface area contributed by atoms with Crippen LogP contribution in [0.1, 0.15) is 20.8 Å². The van der Waals surface area contributed by atoms with Gasteiger partial charge in [0.1, 0.15) is 11.6 Å². The highest BCUT2D eigenvalue weighted by atomic mass is 32.2. The molecule has 3 N–H and O–H groups in total. The van der Waals surface area contributed by atoms with Gasteiger partial charge in [-0.05, 0) is 25.0 Å². The van der Waals surface area contributed by atoms with Gasteiger partial charge in [0.2, 0.25) is 5.91 Å². The minimum atomic E-state index is -0.744. The SMILES string of the molecule is CC(C)CNC(=O)C(C)Sc1c(F)cc(N)cc1F. The van der Waals surface area contributed by atoms with Crippen molar-refractivity contribution >= 4 is 23.4 Å². The number of anilines is 1. The van der Waals surface area contributed by atoms with Crippen LogP contribution in [0.25, 0.3) is 0 Å². The predicted octanol–water partition coefficient (Wildman–Crippen LogP) is 2.80. The van der Waals surface area contributed by atoms with Gasteiger partial charge >= 0.3 is 0 Å². The molecule has 0 aliphatic rings. The lowest BCUT2D eigenvalue weighted by Crippen LogP contribution is -2.33. The number of halogens is 2. The Morgan fingerprint density at radius 3 is 2.32 bits per heavy atom. The summed E-state index contributed by atoms with van der Waals surface area (Å²) in [5, 5.41) is 2.15. The van der Waals surface area contributed by atoms with Gasteiger partial charge in [0.25, 0.3) is 0 Å². The molecule has 0 aliphatic heterocycles. The summed E-state index contributed by atoms with van der Waals surface area (Å²) in [4.78, 5) is 11.6. The minimum Gasteiger partial charge on any atom is -0.399 e. The Kier molecular flexibility index (Phi) is 5.60. The summed E-state index contributed by atoms with van der Waals surface area (Å²) in [5.74, 6) is -1.41. The minimum absolute atomic E-state index is 0.0243. The van der Waals surface area contributed by atoms with Crippen molar-refractivity contribution in [1.82, 2.24) is 5.32 Å². The maximum Gasteiger partial charge on any atom is 0.233 e. The average Bonchev–Trinajstić information content (AvgIpc) is 2.30. The van der Waals surface area contributed by atoms with E-state index in [1.165, 1.54) is 0 Å². The first-order valence-electron chi connectivity index (χ1n) is 6.00. The maximum absolute atomic E-state index is 13.6. The average molecular weight is 288 g/mol. The largest absolute Gasteiger partial charge is 0.399 e. The van der Waals surface area contributed by atoms with Crippen LogP contribution < -0.4 is 11.1 Å². The van der Waals surface area contributed by atoms with Crippen molar-refractivity contribution in [2.24, 2.45) is 5.92 Å². The third-order valence-corrected chi connectivity index (χ3v) is 3.56. The number of benzene rings is 1. The molecule has 1 atom stereocenters. The number of nitrogen functional groups attached to an aromatic ring is 1. The van der Waals surface area contributed by atoms with Crippen molar-refractivity contribution in [2.45, 2.75) is 30.9 Å². The van der Waals surface area contributed by atoms with E-state index in [0.717, 1.165) is 23.9 Å². The fraction of sp³-hybridized carbons (Fsp3) is 0.462. The van der Waals surface area contributed by atoms with E-state index < -0.39 is 16.9 Å². The van der Waals surface area contributed by atoms with Crippen LogP contribution in [0.5, 0.6) is 0 Å². The molecule has 0 spiro atoms. The predicted molar refractivity (Wildman–Crippen MR) is 73.9 cm³/mol. The van der Waals surface area contributed by atoms with Crippen LogP contribution in [0.4, 0.5) is 14.5 Å². The summed E-state index contributed by atoms with van der Waals surface area (Å²) in [5.41, 5.74) is 5.36. The highest BCUT2D eigenvalue weighted by Crippen LogP contribution is 2.30. The number of hydrogen-bond acceptors (Lipinski definition) is 3. The van der Waals surface area contributed by atoms with Crippen molar-refractivity contribution < 1.29 is 13.6 Å². The van der Waals surface area contributed by atoms with Crippen molar-refractivity contribution in [1.29, 1.82) is 0 Å². The molecule has 3 nitrogen and oxygen atoms in total. The Balaban J connectivity index is 2.71. The number of thioether (sulfide) groups is 1. The van der Waals surface area contributed by atoms with E-state index in [-0.39, 0.29) is 16.5 Å². The van der Waals surface area contributed by atoms with Crippen LogP contribution in [0, 0.1) is 17.6 Å². The molecule has 0 aromatic heterocycles. The summed E-state index contributed by atoms with van der Waals surface area (Å²) in [6, 6.07) is 2.09. The highest BCUT2D eigenvalue weighted by molar-refractivity contribution is 8.00. The van der Waals surface area contributed by atoms with Crippen LogP contribution >= 0.6 is 11.8 Å². The van der Waals surface area contributed by atoms with Crippen LogP contribution in [-0.4, -0.2) is 17.7 Å². The van der Waals surface area contributed by atoms with E-state index in [0.29, 0.717) is 12.5 Å². The summed E-state index contributed by atoms with van der Waals surface area (Å²) in [7, 11) is 0. The molecule has 6 heteroatoms. The fourth-order valence-corrected chi connectivity index (χ4v) is 2.26. The molecule has 1 amide bonds. The monoisotopic (exact) mass is 288 g/mol. The number of amides is 1. The molecule has 0 bridgehead atoms. The smallest absolute Gasteiger partial charge is 0.233 e. The standard InChI is InChI=1S/C13H18F2N2OS/c1-7(2)6-17-13(18)8(3)19-12-10(14)4-9(16)5-11(12)15/h4-5,7-8H,6,16H2,1-3H3,(H,17,18). The van der Waals surface area contributed by atoms with E-state index in [9.17, 15) is 13.6 Å². The first-order valence-corrected chi connectivity index (χ1v) is 6.88. The van der Waals surface area contributed by atoms with Crippen molar-refractivity contribution in [3.8, 4) is 0 Å². The lowest BCUT2D eigenvalue weighted by molar-refractivity contribution is -0.120. The van der Waals surface area contributed by atoms with Gasteiger partial charge in [-0.25, -0.2) is 8.78 Å². The van der Waals surface area contributed by atoms with E-state index >= 15 is 0 Å². The molecular weight excluding hydrogens is 270 g/mol. The Hall–Kier alpha value is -1.30. The van der Waals surface area contributed by atoms with Crippen LogP contribution in [-0.2, 0) is 4.79 Å². The van der Waals surface area contributed by atoms with Crippen LogP contribution in [0.3, 0.4) is 0 Å². The number of nitrogens with two attached hydrogens (primary N) is 1. The summed E-state index contributed by atoms with van der Waals surface area (Å²) >= 11 is 0.848. The molecule has 0 aliphatic carbocycles. The van der Waals surface area contributed by atoms with Gasteiger partial charge in [0.05, 0.1) is 10.1 Å². The van der Waals surface area contributed by atoms with Crippen LogP contribution in [0.15, 0.2) is 17.0 Å². The normalized spacial score (nSPS) is 12.5. The highest BCUT2D eigenvalue weighted by Gasteiger charge is 2.19. The Labute approximate surface area is 115 Å². The number of carbonyl (C=O) groups excluding carboxylic acids is 1. The maximum atomic E-state index is 13.6. The summed E-state index contributed by atoms with van der Waals surface area (Å²) in [6.07, 6.45) is 0. The number of rotatable bonds is 5. The lowest BCUT2D eigenvalue weighted by Gasteiger charge is -2.14. The van der Waals surface area contributed by atoms with Gasteiger partial charge in [-0.2, -0.15) is 0 Å². The molecule has 1 unspecified atom stereocenters. The third kappa shape index (κ3) is 4.70. The number of hydrogen-bond donors (Lipinski definition) is 2. The molecule has 1 rings (SSSR count). The molecular formula is C13H18F2N2OS. The molecule has 0 saturated heterocycles. The zero-order chi connectivity index (χ0) is 14.6. The quantitative estimate of drug-likeness (QED) is 0.647. The second-order valence-electron chi connectivity index (χ2n) is 4.71. The van der Waals surface area contributed by atoms with Gasteiger partial charge in [-0.15, -0.1) is 11.8 Å². The summed E-state index contributed by atoms with van der Waals surface area (Å²) in [6.45, 7) is 6.08. The molecule has 0 saturated carbocycles. The molecule has 0 fully saturated rings. The van der Waals surface area contributed by atoms with Gasteiger partial charge in [-0.3, -0.25) is 4.79 Å². The Morgan fingerprint density at radius 2 is 1.84 bits per heavy atom.